The summed E-state index contributed by atoms with van der Waals surface area (Å²) in [5.74, 6) is 0. The highest BCUT2D eigenvalue weighted by Crippen LogP contribution is 2.26. The van der Waals surface area contributed by atoms with Gasteiger partial charge in [0.1, 0.15) is 0 Å². The van der Waals surface area contributed by atoms with Gasteiger partial charge in [0.05, 0.1) is 10.6 Å². The molecular weight excluding hydrogens is 232 g/mol. The molecule has 100 valence electrons. The Kier molecular flexibility index (Phi) is 4.93. The number of hydrogen-bond donors (Lipinski definition) is 1. The van der Waals surface area contributed by atoms with E-state index in [4.69, 9.17) is 22.7 Å². The van der Waals surface area contributed by atoms with Crippen molar-refractivity contribution in [1.29, 1.82) is 0 Å². The van der Waals surface area contributed by atoms with Crippen LogP contribution < -0.4 is 5.73 Å². The predicted molar refractivity (Wildman–Crippen MR) is 76.3 cm³/mol. The lowest BCUT2D eigenvalue weighted by Crippen LogP contribution is -2.48. The summed E-state index contributed by atoms with van der Waals surface area (Å²) in [6.45, 7) is 9.65. The van der Waals surface area contributed by atoms with Crippen molar-refractivity contribution in [3.05, 3.63) is 0 Å². The van der Waals surface area contributed by atoms with E-state index in [-0.39, 0.29) is 11.0 Å². The lowest BCUT2D eigenvalue weighted by Gasteiger charge is -2.40. The van der Waals surface area contributed by atoms with Crippen LogP contribution in [-0.4, -0.2) is 42.2 Å². The molecule has 1 rings (SSSR count). The minimum Gasteiger partial charge on any atom is -0.393 e. The van der Waals surface area contributed by atoms with Crippen LogP contribution in [0.5, 0.6) is 0 Å². The van der Waals surface area contributed by atoms with E-state index in [1.54, 1.807) is 0 Å². The molecule has 2 N–H and O–H groups in total. The van der Waals surface area contributed by atoms with Crippen molar-refractivity contribution in [2.75, 3.05) is 26.7 Å². The van der Waals surface area contributed by atoms with E-state index in [9.17, 15) is 0 Å². The van der Waals surface area contributed by atoms with Crippen LogP contribution in [0.1, 0.15) is 40.0 Å². The Bertz CT molecular complexity index is 281. The number of piperidine rings is 1. The number of rotatable bonds is 5. The Morgan fingerprint density at radius 3 is 2.71 bits per heavy atom. The second-order valence-corrected chi connectivity index (χ2v) is 6.47. The fraction of sp³-hybridized carbons (Fsp3) is 0.923. The lowest BCUT2D eigenvalue weighted by atomic mass is 9.88. The summed E-state index contributed by atoms with van der Waals surface area (Å²) in [7, 11) is 1.81. The summed E-state index contributed by atoms with van der Waals surface area (Å²) in [6.07, 6.45) is 3.37. The first kappa shape index (κ1) is 14.9. The van der Waals surface area contributed by atoms with Crippen molar-refractivity contribution < 1.29 is 4.74 Å². The molecule has 17 heavy (non-hydrogen) atoms. The van der Waals surface area contributed by atoms with Gasteiger partial charge in [-0.15, -0.1) is 0 Å². The van der Waals surface area contributed by atoms with Crippen LogP contribution in [0.4, 0.5) is 0 Å². The van der Waals surface area contributed by atoms with Crippen LogP contribution in [0, 0.1) is 5.41 Å². The number of nitrogens with zero attached hydrogens (tertiary/aromatic N) is 1. The van der Waals surface area contributed by atoms with E-state index >= 15 is 0 Å². The van der Waals surface area contributed by atoms with Gasteiger partial charge in [0.15, 0.2) is 0 Å². The normalized spacial score (nSPS) is 27.1. The smallest absolute Gasteiger partial charge is 0.0784 e. The number of hydrogen-bond acceptors (Lipinski definition) is 3. The molecule has 0 saturated carbocycles. The number of methoxy groups -OCH3 is 1. The summed E-state index contributed by atoms with van der Waals surface area (Å²) < 4.78 is 5.60. The highest BCUT2D eigenvalue weighted by atomic mass is 32.1. The zero-order valence-corrected chi connectivity index (χ0v) is 12.4. The first-order chi connectivity index (χ1) is 7.79. The van der Waals surface area contributed by atoms with Gasteiger partial charge in [-0.3, -0.25) is 0 Å². The third kappa shape index (κ3) is 4.19. The van der Waals surface area contributed by atoms with Crippen molar-refractivity contribution in [2.45, 2.75) is 45.6 Å². The fourth-order valence-electron chi connectivity index (χ4n) is 2.23. The highest BCUT2D eigenvalue weighted by molar-refractivity contribution is 7.80. The molecule has 0 bridgehead atoms. The maximum absolute atomic E-state index is 5.75. The lowest BCUT2D eigenvalue weighted by molar-refractivity contribution is -0.0517. The minimum absolute atomic E-state index is 0.0195. The van der Waals surface area contributed by atoms with Crippen molar-refractivity contribution in [2.24, 2.45) is 11.1 Å². The van der Waals surface area contributed by atoms with Gasteiger partial charge in [-0.25, -0.2) is 0 Å². The molecule has 1 unspecified atom stereocenters. The Morgan fingerprint density at radius 1 is 1.53 bits per heavy atom. The topological polar surface area (TPSA) is 38.5 Å². The van der Waals surface area contributed by atoms with Gasteiger partial charge in [-0.1, -0.05) is 26.1 Å². The van der Waals surface area contributed by atoms with E-state index in [2.05, 4.69) is 25.7 Å². The molecule has 0 amide bonds. The molecule has 3 nitrogen and oxygen atoms in total. The Labute approximate surface area is 111 Å². The van der Waals surface area contributed by atoms with Gasteiger partial charge in [0.25, 0.3) is 0 Å². The van der Waals surface area contributed by atoms with E-state index in [0.29, 0.717) is 4.99 Å². The summed E-state index contributed by atoms with van der Waals surface area (Å²) in [5.41, 5.74) is 5.73. The number of thiocarbonyl (C=S) groups is 1. The van der Waals surface area contributed by atoms with Gasteiger partial charge in [0.2, 0.25) is 0 Å². The number of likely N-dealkylation sites (tertiary alicyclic amines) is 1. The van der Waals surface area contributed by atoms with Crippen LogP contribution in [0.25, 0.3) is 0 Å². The van der Waals surface area contributed by atoms with Crippen LogP contribution in [0.3, 0.4) is 0 Å². The van der Waals surface area contributed by atoms with Crippen molar-refractivity contribution in [1.82, 2.24) is 4.90 Å². The zero-order chi connectivity index (χ0) is 13.1. The molecule has 0 spiro atoms. The second kappa shape index (κ2) is 5.63. The first-order valence-electron chi connectivity index (χ1n) is 6.36. The third-order valence-corrected chi connectivity index (χ3v) is 4.50. The summed E-state index contributed by atoms with van der Waals surface area (Å²) in [5, 5.41) is 0. The summed E-state index contributed by atoms with van der Waals surface area (Å²) >= 11 is 5.10. The Balaban J connectivity index is 2.45. The molecule has 0 aromatic heterocycles. The Morgan fingerprint density at radius 2 is 2.18 bits per heavy atom. The predicted octanol–water partition coefficient (Wildman–Crippen LogP) is 2.19. The molecule has 0 aromatic carbocycles. The van der Waals surface area contributed by atoms with E-state index in [1.165, 1.54) is 6.42 Å². The molecule has 0 radical (unpaired) electrons. The molecule has 1 aliphatic heterocycles. The number of nitrogens with two attached hydrogens (primary N) is 1. The monoisotopic (exact) mass is 258 g/mol. The average Bonchev–Trinajstić information content (AvgIpc) is 2.27. The van der Waals surface area contributed by atoms with Crippen molar-refractivity contribution in [3.8, 4) is 0 Å². The highest BCUT2D eigenvalue weighted by Gasteiger charge is 2.31. The van der Waals surface area contributed by atoms with Crippen LogP contribution in [-0.2, 0) is 4.74 Å². The molecular formula is C13H26N2OS. The Hall–Kier alpha value is -0.190. The molecule has 1 heterocycles. The van der Waals surface area contributed by atoms with Gasteiger partial charge < -0.3 is 15.4 Å². The molecule has 0 aromatic rings. The van der Waals surface area contributed by atoms with Gasteiger partial charge >= 0.3 is 0 Å². The van der Waals surface area contributed by atoms with Crippen LogP contribution >= 0.6 is 12.2 Å². The molecule has 1 atom stereocenters. The fourth-order valence-corrected chi connectivity index (χ4v) is 2.33. The quantitative estimate of drug-likeness (QED) is 0.767. The van der Waals surface area contributed by atoms with E-state index < -0.39 is 0 Å². The van der Waals surface area contributed by atoms with Crippen LogP contribution in [0.15, 0.2) is 0 Å². The second-order valence-electron chi connectivity index (χ2n) is 6.03. The SMILES string of the molecule is COC1(C)CCCN(CCC(C)(C)C(N)=S)C1. The zero-order valence-electron chi connectivity index (χ0n) is 11.6. The largest absolute Gasteiger partial charge is 0.393 e. The van der Waals surface area contributed by atoms with Gasteiger partial charge in [-0.2, -0.15) is 0 Å². The van der Waals surface area contributed by atoms with Gasteiger partial charge in [-0.05, 0) is 39.3 Å². The van der Waals surface area contributed by atoms with Crippen LogP contribution in [0.2, 0.25) is 0 Å². The minimum atomic E-state index is -0.0454. The van der Waals surface area contributed by atoms with E-state index in [0.717, 1.165) is 32.5 Å². The van der Waals surface area contributed by atoms with Crippen molar-refractivity contribution in [3.63, 3.8) is 0 Å². The summed E-state index contributed by atoms with van der Waals surface area (Å²) in [6, 6.07) is 0. The standard InChI is InChI=1S/C13H26N2OS/c1-12(2,11(14)17)7-9-15-8-5-6-13(3,10-15)16-4/h5-10H2,1-4H3,(H2,14,17). The maximum atomic E-state index is 5.75. The molecule has 0 aliphatic carbocycles. The van der Waals surface area contributed by atoms with Crippen molar-refractivity contribution >= 4 is 17.2 Å². The molecule has 1 saturated heterocycles. The van der Waals surface area contributed by atoms with Gasteiger partial charge in [0, 0.05) is 19.1 Å². The molecule has 1 fully saturated rings. The van der Waals surface area contributed by atoms with E-state index in [1.807, 2.05) is 7.11 Å². The maximum Gasteiger partial charge on any atom is 0.0784 e. The third-order valence-electron chi connectivity index (χ3n) is 3.95. The average molecular weight is 258 g/mol. The molecule has 4 heteroatoms. The summed E-state index contributed by atoms with van der Waals surface area (Å²) in [4.78, 5) is 3.08. The first-order valence-corrected chi connectivity index (χ1v) is 6.77. The number of ether oxygens (including phenoxy) is 1. The molecule has 1 aliphatic rings.